The average Bonchev–Trinajstić information content (AvgIpc) is 2.52. The first-order valence-corrected chi connectivity index (χ1v) is 6.19. The molecule has 2 unspecified atom stereocenters. The first-order chi connectivity index (χ1) is 6.77. The molecule has 2 rings (SSSR count). The molecule has 14 heavy (non-hydrogen) atoms. The molecule has 1 aromatic carbocycles. The molecule has 1 saturated heterocycles. The van der Waals surface area contributed by atoms with Gasteiger partial charge in [0.05, 0.1) is 5.37 Å². The Bertz CT molecular complexity index is 286. The number of nitrogens with zero attached hydrogens (tertiary/aromatic N) is 1. The summed E-state index contributed by atoms with van der Waals surface area (Å²) in [7, 11) is 2.23. The summed E-state index contributed by atoms with van der Waals surface area (Å²) in [5, 5.41) is 0.684. The van der Waals surface area contributed by atoms with Crippen molar-refractivity contribution in [2.45, 2.75) is 24.8 Å². The van der Waals surface area contributed by atoms with Crippen molar-refractivity contribution >= 4 is 11.8 Å². The summed E-state index contributed by atoms with van der Waals surface area (Å²) in [5.41, 5.74) is 1.46. The Morgan fingerprint density at radius 1 is 1.36 bits per heavy atom. The van der Waals surface area contributed by atoms with Crippen molar-refractivity contribution in [3.05, 3.63) is 35.9 Å². The van der Waals surface area contributed by atoms with Crippen LogP contribution in [-0.4, -0.2) is 29.1 Å². The molecular weight excluding hydrogens is 190 g/mol. The highest BCUT2D eigenvalue weighted by Gasteiger charge is 2.27. The summed E-state index contributed by atoms with van der Waals surface area (Å²) in [6, 6.07) is 11.5. The zero-order valence-corrected chi connectivity index (χ0v) is 9.63. The maximum Gasteiger partial charge on any atom is 0.0529 e. The molecule has 2 heteroatoms. The third kappa shape index (κ3) is 2.12. The van der Waals surface area contributed by atoms with Crippen LogP contribution in [0.15, 0.2) is 30.3 Å². The van der Waals surface area contributed by atoms with Crippen LogP contribution < -0.4 is 0 Å². The van der Waals surface area contributed by atoms with E-state index in [0.717, 1.165) is 6.04 Å². The summed E-state index contributed by atoms with van der Waals surface area (Å²) in [6.07, 6.45) is 1.19. The first kappa shape index (κ1) is 10.1. The van der Waals surface area contributed by atoms with Crippen LogP contribution in [-0.2, 0) is 6.42 Å². The van der Waals surface area contributed by atoms with Crippen LogP contribution in [0.3, 0.4) is 0 Å². The van der Waals surface area contributed by atoms with E-state index in [0.29, 0.717) is 5.37 Å². The van der Waals surface area contributed by atoms with E-state index in [1.165, 1.54) is 17.7 Å². The predicted octanol–water partition coefficient (Wildman–Crippen LogP) is 2.62. The Labute approximate surface area is 90.5 Å². The largest absolute Gasteiger partial charge is 0.291 e. The van der Waals surface area contributed by atoms with E-state index in [1.54, 1.807) is 0 Å². The van der Waals surface area contributed by atoms with E-state index in [2.05, 4.69) is 61.0 Å². The molecule has 1 aromatic rings. The third-order valence-corrected chi connectivity index (χ3v) is 4.39. The van der Waals surface area contributed by atoms with Crippen molar-refractivity contribution in [2.24, 2.45) is 0 Å². The molecule has 76 valence electrons. The molecule has 1 aliphatic heterocycles. The molecule has 0 bridgehead atoms. The Hall–Kier alpha value is -0.470. The molecule has 0 amide bonds. The van der Waals surface area contributed by atoms with E-state index >= 15 is 0 Å². The van der Waals surface area contributed by atoms with Crippen molar-refractivity contribution in [1.82, 2.24) is 4.90 Å². The average molecular weight is 207 g/mol. The lowest BCUT2D eigenvalue weighted by atomic mass is 10.1. The zero-order valence-electron chi connectivity index (χ0n) is 8.81. The fourth-order valence-electron chi connectivity index (χ4n) is 1.87. The van der Waals surface area contributed by atoms with Crippen LogP contribution in [0.5, 0.6) is 0 Å². The van der Waals surface area contributed by atoms with Crippen molar-refractivity contribution in [3.8, 4) is 0 Å². The lowest BCUT2D eigenvalue weighted by molar-refractivity contribution is 0.272. The Kier molecular flexibility index (Phi) is 3.14. The van der Waals surface area contributed by atoms with Gasteiger partial charge in [-0.15, -0.1) is 11.8 Å². The van der Waals surface area contributed by atoms with Crippen LogP contribution >= 0.6 is 11.8 Å². The lowest BCUT2D eigenvalue weighted by Gasteiger charge is -2.22. The number of benzene rings is 1. The fraction of sp³-hybridized carbons (Fsp3) is 0.500. The smallest absolute Gasteiger partial charge is 0.0529 e. The summed E-state index contributed by atoms with van der Waals surface area (Å²) in [6.45, 7) is 2.29. The zero-order chi connectivity index (χ0) is 9.97. The van der Waals surface area contributed by atoms with E-state index in [4.69, 9.17) is 0 Å². The highest BCUT2D eigenvalue weighted by atomic mass is 32.2. The van der Waals surface area contributed by atoms with Gasteiger partial charge in [-0.05, 0) is 26.0 Å². The van der Waals surface area contributed by atoms with E-state index < -0.39 is 0 Å². The van der Waals surface area contributed by atoms with E-state index in [-0.39, 0.29) is 0 Å². The Morgan fingerprint density at radius 2 is 2.07 bits per heavy atom. The topological polar surface area (TPSA) is 3.24 Å². The standard InChI is InChI=1S/C12H17NS/c1-10-13(2)12(9-14-10)8-11-6-4-3-5-7-11/h3-7,10,12H,8-9H2,1-2H3. The molecule has 2 atom stereocenters. The minimum absolute atomic E-state index is 0.684. The summed E-state index contributed by atoms with van der Waals surface area (Å²) >= 11 is 2.06. The van der Waals surface area contributed by atoms with Gasteiger partial charge in [-0.25, -0.2) is 0 Å². The molecular formula is C12H17NS. The van der Waals surface area contributed by atoms with Gasteiger partial charge in [0.1, 0.15) is 0 Å². The van der Waals surface area contributed by atoms with Crippen molar-refractivity contribution < 1.29 is 0 Å². The lowest BCUT2D eigenvalue weighted by Crippen LogP contribution is -2.32. The minimum Gasteiger partial charge on any atom is -0.291 e. The Balaban J connectivity index is 1.99. The number of hydrogen-bond donors (Lipinski definition) is 0. The van der Waals surface area contributed by atoms with Crippen molar-refractivity contribution in [3.63, 3.8) is 0 Å². The molecule has 1 nitrogen and oxygen atoms in total. The van der Waals surface area contributed by atoms with Crippen LogP contribution in [0.4, 0.5) is 0 Å². The molecule has 0 aliphatic carbocycles. The second kappa shape index (κ2) is 4.37. The molecule has 1 heterocycles. The maximum absolute atomic E-state index is 2.48. The Morgan fingerprint density at radius 3 is 2.64 bits per heavy atom. The van der Waals surface area contributed by atoms with Crippen LogP contribution in [0.25, 0.3) is 0 Å². The molecule has 0 aromatic heterocycles. The first-order valence-electron chi connectivity index (χ1n) is 5.15. The van der Waals surface area contributed by atoms with Gasteiger partial charge < -0.3 is 0 Å². The van der Waals surface area contributed by atoms with Gasteiger partial charge in [0, 0.05) is 11.8 Å². The van der Waals surface area contributed by atoms with E-state index in [1.807, 2.05) is 0 Å². The van der Waals surface area contributed by atoms with Crippen LogP contribution in [0.1, 0.15) is 12.5 Å². The molecule has 1 fully saturated rings. The fourth-order valence-corrected chi connectivity index (χ4v) is 3.13. The molecule has 0 radical (unpaired) electrons. The van der Waals surface area contributed by atoms with Crippen LogP contribution in [0, 0.1) is 0 Å². The highest BCUT2D eigenvalue weighted by molar-refractivity contribution is 8.00. The normalized spacial score (nSPS) is 28.1. The SMILES string of the molecule is CC1SCC(Cc2ccccc2)N1C. The molecule has 0 spiro atoms. The van der Waals surface area contributed by atoms with Crippen molar-refractivity contribution in [2.75, 3.05) is 12.8 Å². The van der Waals surface area contributed by atoms with Crippen molar-refractivity contribution in [1.29, 1.82) is 0 Å². The predicted molar refractivity (Wildman–Crippen MR) is 63.6 cm³/mol. The number of thioether (sulfide) groups is 1. The maximum atomic E-state index is 2.48. The summed E-state index contributed by atoms with van der Waals surface area (Å²) in [5.74, 6) is 1.27. The monoisotopic (exact) mass is 207 g/mol. The minimum atomic E-state index is 0.684. The highest BCUT2D eigenvalue weighted by Crippen LogP contribution is 2.28. The number of likely N-dealkylation sites (N-methyl/N-ethyl adjacent to an activating group) is 1. The second-order valence-electron chi connectivity index (χ2n) is 3.94. The number of hydrogen-bond acceptors (Lipinski definition) is 2. The van der Waals surface area contributed by atoms with Gasteiger partial charge >= 0.3 is 0 Å². The van der Waals surface area contributed by atoms with E-state index in [9.17, 15) is 0 Å². The van der Waals surface area contributed by atoms with Gasteiger partial charge in [-0.3, -0.25) is 4.90 Å². The summed E-state index contributed by atoms with van der Waals surface area (Å²) < 4.78 is 0. The molecule has 0 saturated carbocycles. The molecule has 1 aliphatic rings. The quantitative estimate of drug-likeness (QED) is 0.733. The van der Waals surface area contributed by atoms with Gasteiger partial charge in [0.2, 0.25) is 0 Å². The van der Waals surface area contributed by atoms with Gasteiger partial charge in [0.15, 0.2) is 0 Å². The second-order valence-corrected chi connectivity index (χ2v) is 5.29. The van der Waals surface area contributed by atoms with Crippen LogP contribution in [0.2, 0.25) is 0 Å². The summed E-state index contributed by atoms with van der Waals surface area (Å²) in [4.78, 5) is 2.48. The van der Waals surface area contributed by atoms with Gasteiger partial charge in [-0.2, -0.15) is 0 Å². The number of rotatable bonds is 2. The van der Waals surface area contributed by atoms with Gasteiger partial charge in [0.25, 0.3) is 0 Å². The third-order valence-electron chi connectivity index (χ3n) is 2.99. The molecule has 0 N–H and O–H groups in total. The van der Waals surface area contributed by atoms with Gasteiger partial charge in [-0.1, -0.05) is 30.3 Å².